The third-order valence-electron chi connectivity index (χ3n) is 4.95. The van der Waals surface area contributed by atoms with Crippen LogP contribution in [-0.4, -0.2) is 53.5 Å². The molecule has 0 spiro atoms. The second-order valence-corrected chi connectivity index (χ2v) is 14.2. The van der Waals surface area contributed by atoms with E-state index in [4.69, 9.17) is 4.74 Å². The highest BCUT2D eigenvalue weighted by molar-refractivity contribution is 6.76. The van der Waals surface area contributed by atoms with Gasteiger partial charge in [-0.2, -0.15) is 18.3 Å². The van der Waals surface area contributed by atoms with Crippen LogP contribution in [0.15, 0.2) is 24.8 Å². The summed E-state index contributed by atoms with van der Waals surface area (Å²) in [6.07, 6.45) is 2.85. The van der Waals surface area contributed by atoms with Crippen molar-refractivity contribution in [2.75, 3.05) is 13.2 Å². The molecule has 0 bridgehead atoms. The van der Waals surface area contributed by atoms with Crippen LogP contribution < -0.4 is 0 Å². The molecule has 2 atom stereocenters. The third kappa shape index (κ3) is 5.23. The molecule has 2 aromatic heterocycles. The average Bonchev–Trinajstić information content (AvgIpc) is 3.28. The summed E-state index contributed by atoms with van der Waals surface area (Å²) in [5, 5.41) is 3.84. The Morgan fingerprint density at radius 1 is 1.30 bits per heavy atom. The van der Waals surface area contributed by atoms with Crippen molar-refractivity contribution in [2.45, 2.75) is 50.2 Å². The second-order valence-electron chi connectivity index (χ2n) is 8.54. The summed E-state index contributed by atoms with van der Waals surface area (Å²) >= 11 is 0. The van der Waals surface area contributed by atoms with Gasteiger partial charge >= 0.3 is 6.18 Å². The van der Waals surface area contributed by atoms with Crippen LogP contribution in [0.4, 0.5) is 13.2 Å². The highest BCUT2D eigenvalue weighted by Crippen LogP contribution is 2.36. The Morgan fingerprint density at radius 3 is 2.73 bits per heavy atom. The Labute approximate surface area is 174 Å². The lowest BCUT2D eigenvalue weighted by Gasteiger charge is -2.18. The summed E-state index contributed by atoms with van der Waals surface area (Å²) in [7, 11) is -1.17. The number of aromatic nitrogens is 4. The lowest BCUT2D eigenvalue weighted by Crippen LogP contribution is -2.27. The highest BCUT2D eigenvalue weighted by atomic mass is 28.3. The van der Waals surface area contributed by atoms with Gasteiger partial charge in [0.1, 0.15) is 12.6 Å². The molecule has 2 aromatic rings. The fourth-order valence-electron chi connectivity index (χ4n) is 3.24. The fraction of sp³-hybridized carbons (Fsp3) is 0.500. The SMILES string of the molecule is C[Si](C)(C)CCOCC1C=Cc2c(-c3cnn([C@H](CC=O)C(F)(F)F)c3)ncnc21. The lowest BCUT2D eigenvalue weighted by molar-refractivity contribution is -0.172. The maximum absolute atomic E-state index is 13.2. The molecule has 6 nitrogen and oxygen atoms in total. The van der Waals surface area contributed by atoms with Crippen LogP contribution in [0.3, 0.4) is 0 Å². The molecule has 1 aliphatic carbocycles. The Kier molecular flexibility index (Phi) is 6.56. The molecule has 0 aromatic carbocycles. The number of aldehydes is 1. The highest BCUT2D eigenvalue weighted by Gasteiger charge is 2.41. The number of carbonyl (C=O) groups is 1. The van der Waals surface area contributed by atoms with Gasteiger partial charge in [-0.05, 0) is 6.04 Å². The van der Waals surface area contributed by atoms with Crippen LogP contribution in [-0.2, 0) is 9.53 Å². The Balaban J connectivity index is 1.77. The summed E-state index contributed by atoms with van der Waals surface area (Å²) < 4.78 is 46.3. The number of fused-ring (bicyclic) bond motifs is 1. The van der Waals surface area contributed by atoms with Gasteiger partial charge in [0.05, 0.1) is 24.2 Å². The Morgan fingerprint density at radius 2 is 2.07 bits per heavy atom. The van der Waals surface area contributed by atoms with E-state index in [1.165, 1.54) is 18.7 Å². The molecule has 1 aliphatic rings. The van der Waals surface area contributed by atoms with Gasteiger partial charge in [0.2, 0.25) is 0 Å². The summed E-state index contributed by atoms with van der Waals surface area (Å²) in [4.78, 5) is 19.3. The minimum atomic E-state index is -4.57. The minimum absolute atomic E-state index is 0.0172. The second kappa shape index (κ2) is 8.81. The summed E-state index contributed by atoms with van der Waals surface area (Å²) in [5.74, 6) is -0.0172. The van der Waals surface area contributed by atoms with E-state index < -0.39 is 26.7 Å². The van der Waals surface area contributed by atoms with Crippen molar-refractivity contribution in [3.63, 3.8) is 0 Å². The average molecular weight is 439 g/mol. The molecule has 2 heterocycles. The van der Waals surface area contributed by atoms with E-state index in [-0.39, 0.29) is 12.2 Å². The van der Waals surface area contributed by atoms with Crippen molar-refractivity contribution in [2.24, 2.45) is 0 Å². The number of ether oxygens (including phenoxy) is 1. The number of carbonyl (C=O) groups excluding carboxylic acids is 1. The summed E-state index contributed by atoms with van der Waals surface area (Å²) in [6, 6.07) is -0.923. The van der Waals surface area contributed by atoms with Crippen LogP contribution in [0.5, 0.6) is 0 Å². The van der Waals surface area contributed by atoms with Gasteiger partial charge in [0.25, 0.3) is 0 Å². The van der Waals surface area contributed by atoms with Gasteiger partial charge in [-0.15, -0.1) is 0 Å². The first-order valence-electron chi connectivity index (χ1n) is 9.76. The predicted molar refractivity (Wildman–Crippen MR) is 110 cm³/mol. The quantitative estimate of drug-likeness (QED) is 0.328. The number of halogens is 3. The van der Waals surface area contributed by atoms with Crippen LogP contribution in [0, 0.1) is 0 Å². The molecule has 1 unspecified atom stereocenters. The molecular formula is C20H25F3N4O2Si. The van der Waals surface area contributed by atoms with Gasteiger partial charge < -0.3 is 9.53 Å². The van der Waals surface area contributed by atoms with E-state index in [9.17, 15) is 18.0 Å². The minimum Gasteiger partial charge on any atom is -0.381 e. The summed E-state index contributed by atoms with van der Waals surface area (Å²) in [6.45, 7) is 8.08. The molecule has 0 saturated heterocycles. The van der Waals surface area contributed by atoms with Gasteiger partial charge in [-0.25, -0.2) is 9.97 Å². The molecule has 0 aliphatic heterocycles. The van der Waals surface area contributed by atoms with Crippen molar-refractivity contribution in [3.8, 4) is 11.3 Å². The molecule has 10 heteroatoms. The molecule has 0 amide bonds. The van der Waals surface area contributed by atoms with E-state index in [0.29, 0.717) is 24.5 Å². The first-order chi connectivity index (χ1) is 14.1. The monoisotopic (exact) mass is 438 g/mol. The zero-order valence-electron chi connectivity index (χ0n) is 17.2. The molecule has 30 heavy (non-hydrogen) atoms. The van der Waals surface area contributed by atoms with Gasteiger partial charge in [-0.3, -0.25) is 4.68 Å². The molecular weight excluding hydrogens is 413 g/mol. The predicted octanol–water partition coefficient (Wildman–Crippen LogP) is 4.50. The zero-order chi connectivity index (χ0) is 21.9. The fourth-order valence-corrected chi connectivity index (χ4v) is 4.00. The number of nitrogens with zero attached hydrogens (tertiary/aromatic N) is 4. The molecule has 0 saturated carbocycles. The van der Waals surface area contributed by atoms with Gasteiger partial charge in [-0.1, -0.05) is 31.8 Å². The zero-order valence-corrected chi connectivity index (χ0v) is 18.2. The number of hydrogen-bond acceptors (Lipinski definition) is 5. The number of rotatable bonds is 9. The largest absolute Gasteiger partial charge is 0.411 e. The molecule has 0 N–H and O–H groups in total. The van der Waals surface area contributed by atoms with Crippen LogP contribution in [0.2, 0.25) is 25.7 Å². The first kappa shape index (κ1) is 22.4. The van der Waals surface area contributed by atoms with Crippen molar-refractivity contribution in [1.82, 2.24) is 19.7 Å². The van der Waals surface area contributed by atoms with E-state index in [0.717, 1.165) is 22.0 Å². The lowest BCUT2D eigenvalue weighted by atomic mass is 10.1. The normalized spacial score (nSPS) is 17.2. The van der Waals surface area contributed by atoms with E-state index in [1.54, 1.807) is 0 Å². The standard InChI is InChI=1S/C20H25F3N4O2Si/c1-30(2,3)9-8-29-12-14-4-5-16-18(14)24-13-25-19(16)15-10-26-27(11-15)17(6-7-28)20(21,22)23/h4-5,7,10-11,13-14,17H,6,8-9,12H2,1-3H3/t14?,17-/m1/s1. The van der Waals surface area contributed by atoms with E-state index in [1.807, 2.05) is 12.2 Å². The van der Waals surface area contributed by atoms with Gasteiger partial charge in [0.15, 0.2) is 6.04 Å². The molecule has 0 fully saturated rings. The van der Waals surface area contributed by atoms with Crippen molar-refractivity contribution in [3.05, 3.63) is 36.1 Å². The van der Waals surface area contributed by atoms with Crippen LogP contribution in [0.25, 0.3) is 17.3 Å². The van der Waals surface area contributed by atoms with Gasteiger partial charge in [0, 0.05) is 44.3 Å². The molecule has 0 radical (unpaired) electrons. The Hall–Kier alpha value is -2.33. The topological polar surface area (TPSA) is 69.9 Å². The maximum atomic E-state index is 13.2. The van der Waals surface area contributed by atoms with Crippen molar-refractivity contribution in [1.29, 1.82) is 0 Å². The Bertz CT molecular complexity index is 922. The molecule has 162 valence electrons. The van der Waals surface area contributed by atoms with Crippen LogP contribution >= 0.6 is 0 Å². The first-order valence-corrected chi connectivity index (χ1v) is 13.5. The smallest absolute Gasteiger partial charge is 0.381 e. The number of alkyl halides is 3. The van der Waals surface area contributed by atoms with E-state index in [2.05, 4.69) is 34.7 Å². The maximum Gasteiger partial charge on any atom is 0.411 e. The third-order valence-corrected chi connectivity index (χ3v) is 6.65. The van der Waals surface area contributed by atoms with Crippen molar-refractivity contribution >= 4 is 20.4 Å². The van der Waals surface area contributed by atoms with E-state index >= 15 is 0 Å². The van der Waals surface area contributed by atoms with Crippen molar-refractivity contribution < 1.29 is 22.7 Å². The summed E-state index contributed by atoms with van der Waals surface area (Å²) in [5.41, 5.74) is 2.51. The van der Waals surface area contributed by atoms with Crippen LogP contribution in [0.1, 0.15) is 29.6 Å². The number of hydrogen-bond donors (Lipinski definition) is 0. The molecule has 3 rings (SSSR count).